The van der Waals surface area contributed by atoms with Crippen LogP contribution in [0.2, 0.25) is 5.02 Å². The van der Waals surface area contributed by atoms with Crippen LogP contribution < -0.4 is 0 Å². The Labute approximate surface area is 92.9 Å². The smallest absolute Gasteiger partial charge is 0.205 e. The van der Waals surface area contributed by atoms with Crippen molar-refractivity contribution >= 4 is 27.5 Å². The van der Waals surface area contributed by atoms with Crippen LogP contribution in [0.5, 0.6) is 0 Å². The van der Waals surface area contributed by atoms with Gasteiger partial charge in [-0.2, -0.15) is 0 Å². The Morgan fingerprint density at radius 2 is 2.07 bits per heavy atom. The molecule has 3 nitrogen and oxygen atoms in total. The Kier molecular flexibility index (Phi) is 2.37. The van der Waals surface area contributed by atoms with Crippen molar-refractivity contribution in [1.82, 2.24) is 0 Å². The average Bonchev–Trinajstić information content (AvgIpc) is 2.37. The molecule has 0 aromatic heterocycles. The molecule has 1 atom stereocenters. The summed E-state index contributed by atoms with van der Waals surface area (Å²) in [6.45, 7) is 1.43. The van der Waals surface area contributed by atoms with Crippen molar-refractivity contribution in [3.8, 4) is 0 Å². The van der Waals surface area contributed by atoms with Gasteiger partial charge in [-0.05, 0) is 36.8 Å². The molecule has 1 N–H and O–H groups in total. The fraction of sp³-hybridized carbons (Fsp3) is 0.200. The first-order valence-electron chi connectivity index (χ1n) is 4.37. The minimum atomic E-state index is -3.51. The van der Waals surface area contributed by atoms with Crippen molar-refractivity contribution in [1.29, 1.82) is 0 Å². The lowest BCUT2D eigenvalue weighted by Crippen LogP contribution is -2.11. The van der Waals surface area contributed by atoms with Crippen molar-refractivity contribution in [3.63, 3.8) is 0 Å². The molecule has 1 aliphatic heterocycles. The summed E-state index contributed by atoms with van der Waals surface area (Å²) in [5.74, 6) is 0. The summed E-state index contributed by atoms with van der Waals surface area (Å²) in [5.41, 5.74) is 0.540. The minimum absolute atomic E-state index is 0.0276. The molecular weight excluding hydrogens is 236 g/mol. The van der Waals surface area contributed by atoms with Crippen LogP contribution in [0.25, 0.3) is 6.08 Å². The molecular formula is C10H9ClO3S. The maximum atomic E-state index is 11.9. The summed E-state index contributed by atoms with van der Waals surface area (Å²) in [7, 11) is -3.51. The number of halogens is 1. The van der Waals surface area contributed by atoms with Crippen molar-refractivity contribution in [2.45, 2.75) is 17.9 Å². The maximum absolute atomic E-state index is 11.9. The van der Waals surface area contributed by atoms with Gasteiger partial charge < -0.3 is 5.11 Å². The number of sulfone groups is 1. The third kappa shape index (κ3) is 1.58. The first-order valence-corrected chi connectivity index (χ1v) is 6.23. The van der Waals surface area contributed by atoms with Gasteiger partial charge in [-0.25, -0.2) is 8.42 Å². The number of rotatable bonds is 1. The molecule has 80 valence electrons. The van der Waals surface area contributed by atoms with E-state index in [9.17, 15) is 13.5 Å². The molecule has 1 aromatic carbocycles. The second-order valence-corrected chi connectivity index (χ2v) is 5.76. The lowest BCUT2D eigenvalue weighted by molar-refractivity contribution is 0.240. The monoisotopic (exact) mass is 244 g/mol. The zero-order valence-corrected chi connectivity index (χ0v) is 9.51. The highest BCUT2D eigenvalue weighted by Crippen LogP contribution is 2.35. The Balaban J connectivity index is 2.69. The zero-order chi connectivity index (χ0) is 11.2. The Morgan fingerprint density at radius 3 is 2.67 bits per heavy atom. The molecule has 0 saturated heterocycles. The second kappa shape index (κ2) is 3.33. The molecule has 0 bridgehead atoms. The molecule has 5 heteroatoms. The van der Waals surface area contributed by atoms with E-state index in [1.165, 1.54) is 25.1 Å². The molecule has 0 amide bonds. The van der Waals surface area contributed by atoms with Gasteiger partial charge in [0.05, 0.1) is 15.9 Å². The first kappa shape index (κ1) is 10.7. The number of hydrogen-bond acceptors (Lipinski definition) is 3. The molecule has 0 saturated carbocycles. The fourth-order valence-electron chi connectivity index (χ4n) is 1.58. The van der Waals surface area contributed by atoms with Crippen molar-refractivity contribution in [2.75, 3.05) is 0 Å². The lowest BCUT2D eigenvalue weighted by atomic mass is 10.2. The number of fused-ring (bicyclic) bond motifs is 1. The molecule has 1 aromatic rings. The quantitative estimate of drug-likeness (QED) is 0.820. The van der Waals surface area contributed by atoms with Gasteiger partial charge in [0.2, 0.25) is 9.84 Å². The third-order valence-electron chi connectivity index (χ3n) is 2.28. The topological polar surface area (TPSA) is 54.4 Å². The summed E-state index contributed by atoms with van der Waals surface area (Å²) in [4.78, 5) is 0.238. The van der Waals surface area contributed by atoms with Crippen LogP contribution in [0.3, 0.4) is 0 Å². The van der Waals surface area contributed by atoms with Crippen LogP contribution in [-0.4, -0.2) is 19.6 Å². The molecule has 1 aliphatic rings. The normalized spacial score (nSPS) is 19.5. The van der Waals surface area contributed by atoms with Gasteiger partial charge >= 0.3 is 0 Å². The molecule has 15 heavy (non-hydrogen) atoms. The summed E-state index contributed by atoms with van der Waals surface area (Å²) in [6, 6.07) is 4.56. The van der Waals surface area contributed by atoms with Crippen LogP contribution in [0.15, 0.2) is 28.0 Å². The number of aliphatic hydroxyl groups is 1. The number of aliphatic hydroxyl groups excluding tert-OH is 1. The SMILES string of the molecule is CC(O)C1=Cc2cc(Cl)ccc2S1(=O)=O. The van der Waals surface area contributed by atoms with E-state index in [-0.39, 0.29) is 9.80 Å². The predicted octanol–water partition coefficient (Wildman–Crippen LogP) is 1.85. The van der Waals surface area contributed by atoms with Crippen LogP contribution in [-0.2, 0) is 9.84 Å². The van der Waals surface area contributed by atoms with E-state index in [4.69, 9.17) is 11.6 Å². The minimum Gasteiger partial charge on any atom is -0.388 e. The van der Waals surface area contributed by atoms with Crippen molar-refractivity contribution in [2.24, 2.45) is 0 Å². The molecule has 1 unspecified atom stereocenters. The van der Waals surface area contributed by atoms with Crippen LogP contribution >= 0.6 is 11.6 Å². The van der Waals surface area contributed by atoms with Gasteiger partial charge in [-0.1, -0.05) is 11.6 Å². The number of benzene rings is 1. The van der Waals surface area contributed by atoms with Gasteiger partial charge in [-0.3, -0.25) is 0 Å². The van der Waals surface area contributed by atoms with Crippen molar-refractivity contribution in [3.05, 3.63) is 33.7 Å². The average molecular weight is 245 g/mol. The molecule has 1 heterocycles. The van der Waals surface area contributed by atoms with E-state index >= 15 is 0 Å². The van der Waals surface area contributed by atoms with Gasteiger partial charge in [0.1, 0.15) is 0 Å². The van der Waals surface area contributed by atoms with Gasteiger partial charge in [0.25, 0.3) is 0 Å². The van der Waals surface area contributed by atoms with Gasteiger partial charge in [0, 0.05) is 5.02 Å². The Hall–Kier alpha value is -0.840. The molecule has 0 radical (unpaired) electrons. The standard InChI is InChI=1S/C10H9ClO3S/c1-6(12)10-5-7-4-8(11)2-3-9(7)15(10,13)14/h2-6,12H,1H3. The highest BCUT2D eigenvalue weighted by molar-refractivity contribution is 7.96. The first-order chi connectivity index (χ1) is 6.93. The van der Waals surface area contributed by atoms with Gasteiger partial charge in [0.15, 0.2) is 0 Å². The fourth-order valence-corrected chi connectivity index (χ4v) is 3.42. The zero-order valence-electron chi connectivity index (χ0n) is 7.94. The highest BCUT2D eigenvalue weighted by Gasteiger charge is 2.31. The predicted molar refractivity (Wildman–Crippen MR) is 58.3 cm³/mol. The number of hydrogen-bond donors (Lipinski definition) is 1. The summed E-state index contributed by atoms with van der Waals surface area (Å²) in [6.07, 6.45) is 0.461. The molecule has 2 rings (SSSR count). The van der Waals surface area contributed by atoms with E-state index in [0.29, 0.717) is 10.6 Å². The van der Waals surface area contributed by atoms with E-state index in [1.54, 1.807) is 6.07 Å². The van der Waals surface area contributed by atoms with Crippen LogP contribution in [0.1, 0.15) is 12.5 Å². The van der Waals surface area contributed by atoms with E-state index in [2.05, 4.69) is 0 Å². The second-order valence-electron chi connectivity index (χ2n) is 3.41. The largest absolute Gasteiger partial charge is 0.388 e. The summed E-state index contributed by atoms with van der Waals surface area (Å²) in [5, 5.41) is 9.83. The Morgan fingerprint density at radius 1 is 1.40 bits per heavy atom. The highest BCUT2D eigenvalue weighted by atomic mass is 35.5. The van der Waals surface area contributed by atoms with Crippen LogP contribution in [0.4, 0.5) is 0 Å². The summed E-state index contributed by atoms with van der Waals surface area (Å²) >= 11 is 5.76. The molecule has 0 aliphatic carbocycles. The van der Waals surface area contributed by atoms with E-state index in [1.807, 2.05) is 0 Å². The lowest BCUT2D eigenvalue weighted by Gasteiger charge is -2.05. The van der Waals surface area contributed by atoms with Crippen LogP contribution in [0, 0.1) is 0 Å². The van der Waals surface area contributed by atoms with Gasteiger partial charge in [-0.15, -0.1) is 0 Å². The Bertz CT molecular complexity index is 544. The third-order valence-corrected chi connectivity index (χ3v) is 4.55. The maximum Gasteiger partial charge on any atom is 0.205 e. The summed E-state index contributed by atoms with van der Waals surface area (Å²) < 4.78 is 23.7. The van der Waals surface area contributed by atoms with Crippen molar-refractivity contribution < 1.29 is 13.5 Å². The molecule has 0 fully saturated rings. The molecule has 0 spiro atoms. The van der Waals surface area contributed by atoms with E-state index < -0.39 is 15.9 Å². The van der Waals surface area contributed by atoms with E-state index in [0.717, 1.165) is 0 Å².